The van der Waals surface area contributed by atoms with Gasteiger partial charge in [0.2, 0.25) is 0 Å². The Morgan fingerprint density at radius 3 is 2.55 bits per heavy atom. The molecule has 1 rings (SSSR count). The molecule has 1 saturated heterocycles. The van der Waals surface area contributed by atoms with Gasteiger partial charge in [-0.2, -0.15) is 0 Å². The van der Waals surface area contributed by atoms with Gasteiger partial charge in [-0.05, 0) is 26.8 Å². The molecular formula is C13H25N3O4. The van der Waals surface area contributed by atoms with Gasteiger partial charge in [0.15, 0.2) is 0 Å². The molecule has 20 heavy (non-hydrogen) atoms. The molecule has 1 aliphatic rings. The highest BCUT2D eigenvalue weighted by atomic mass is 16.5. The molecule has 0 unspecified atom stereocenters. The van der Waals surface area contributed by atoms with Crippen molar-refractivity contribution in [2.75, 3.05) is 45.9 Å². The fraction of sp³-hybridized carbons (Fsp3) is 0.846. The van der Waals surface area contributed by atoms with Crippen molar-refractivity contribution >= 4 is 12.0 Å². The summed E-state index contributed by atoms with van der Waals surface area (Å²) in [5.74, 6) is -0.998. The monoisotopic (exact) mass is 287 g/mol. The van der Waals surface area contributed by atoms with E-state index in [2.05, 4.69) is 10.2 Å². The molecule has 0 atom stereocenters. The zero-order valence-electron chi connectivity index (χ0n) is 12.3. The number of nitrogens with zero attached hydrogens (tertiary/aromatic N) is 2. The van der Waals surface area contributed by atoms with Crippen molar-refractivity contribution in [3.05, 3.63) is 0 Å². The molecule has 0 spiro atoms. The van der Waals surface area contributed by atoms with Crippen LogP contribution in [-0.2, 0) is 9.53 Å². The Bertz CT molecular complexity index is 317. The highest BCUT2D eigenvalue weighted by Gasteiger charge is 2.19. The first-order valence-electron chi connectivity index (χ1n) is 7.07. The molecule has 0 aliphatic carbocycles. The third-order valence-electron chi connectivity index (χ3n) is 3.22. The van der Waals surface area contributed by atoms with E-state index in [4.69, 9.17) is 9.84 Å². The fourth-order valence-corrected chi connectivity index (χ4v) is 2.06. The molecule has 0 aromatic rings. The molecule has 0 bridgehead atoms. The van der Waals surface area contributed by atoms with Crippen LogP contribution in [0.25, 0.3) is 0 Å². The fourth-order valence-electron chi connectivity index (χ4n) is 2.06. The van der Waals surface area contributed by atoms with Crippen LogP contribution in [0.1, 0.15) is 20.3 Å². The number of morpholine rings is 1. The van der Waals surface area contributed by atoms with E-state index in [1.54, 1.807) is 13.8 Å². The van der Waals surface area contributed by atoms with Crippen LogP contribution in [0.3, 0.4) is 0 Å². The summed E-state index contributed by atoms with van der Waals surface area (Å²) in [6.45, 7) is 8.22. The van der Waals surface area contributed by atoms with Gasteiger partial charge < -0.3 is 20.1 Å². The second-order valence-corrected chi connectivity index (χ2v) is 5.15. The number of carbonyl (C=O) groups is 2. The lowest BCUT2D eigenvalue weighted by molar-refractivity contribution is -0.138. The van der Waals surface area contributed by atoms with Crippen LogP contribution in [-0.4, -0.2) is 78.9 Å². The van der Waals surface area contributed by atoms with Crippen LogP contribution in [0.2, 0.25) is 0 Å². The summed E-state index contributed by atoms with van der Waals surface area (Å²) in [5, 5.41) is 11.6. The topological polar surface area (TPSA) is 82.1 Å². The number of aliphatic carboxylic acids is 1. The molecule has 1 heterocycles. The molecule has 2 amide bonds. The Kier molecular flexibility index (Phi) is 7.32. The van der Waals surface area contributed by atoms with E-state index in [1.165, 1.54) is 4.90 Å². The predicted molar refractivity (Wildman–Crippen MR) is 74.8 cm³/mol. The normalized spacial score (nSPS) is 16.1. The Balaban J connectivity index is 2.21. The summed E-state index contributed by atoms with van der Waals surface area (Å²) in [6.07, 6.45) is 0.852. The van der Waals surface area contributed by atoms with E-state index in [1.807, 2.05) is 0 Å². The number of hydrogen-bond donors (Lipinski definition) is 2. The summed E-state index contributed by atoms with van der Waals surface area (Å²) < 4.78 is 5.27. The van der Waals surface area contributed by atoms with Gasteiger partial charge in [-0.25, -0.2) is 4.79 Å². The Labute approximate surface area is 119 Å². The van der Waals surface area contributed by atoms with Gasteiger partial charge in [0.25, 0.3) is 0 Å². The zero-order chi connectivity index (χ0) is 15.0. The van der Waals surface area contributed by atoms with Crippen molar-refractivity contribution in [1.29, 1.82) is 0 Å². The molecule has 0 aromatic heterocycles. The number of ether oxygens (including phenoxy) is 1. The standard InChI is InChI=1S/C13H25N3O4/c1-11(2)16(10-12(17)18)13(19)14-4-3-5-15-6-8-20-9-7-15/h11H,3-10H2,1-2H3,(H,14,19)(H,17,18). The van der Waals surface area contributed by atoms with Gasteiger partial charge in [0, 0.05) is 25.7 Å². The lowest BCUT2D eigenvalue weighted by Crippen LogP contribution is -2.47. The van der Waals surface area contributed by atoms with Crippen molar-refractivity contribution in [3.63, 3.8) is 0 Å². The molecule has 2 N–H and O–H groups in total. The maximum atomic E-state index is 11.9. The number of urea groups is 1. The summed E-state index contributed by atoms with van der Waals surface area (Å²) in [6, 6.07) is -0.449. The van der Waals surface area contributed by atoms with Crippen LogP contribution >= 0.6 is 0 Å². The van der Waals surface area contributed by atoms with Gasteiger partial charge in [-0.15, -0.1) is 0 Å². The Hall–Kier alpha value is -1.34. The van der Waals surface area contributed by atoms with E-state index in [0.29, 0.717) is 6.54 Å². The largest absolute Gasteiger partial charge is 0.480 e. The minimum atomic E-state index is -0.998. The second-order valence-electron chi connectivity index (χ2n) is 5.15. The predicted octanol–water partition coefficient (Wildman–Crippen LogP) is 0.213. The molecule has 0 saturated carbocycles. The molecule has 0 radical (unpaired) electrons. The van der Waals surface area contributed by atoms with E-state index < -0.39 is 5.97 Å². The van der Waals surface area contributed by atoms with Gasteiger partial charge in [0.05, 0.1) is 13.2 Å². The van der Waals surface area contributed by atoms with Crippen molar-refractivity contribution in [2.24, 2.45) is 0 Å². The van der Waals surface area contributed by atoms with Crippen LogP contribution in [0, 0.1) is 0 Å². The lowest BCUT2D eigenvalue weighted by atomic mass is 10.3. The molecule has 1 fully saturated rings. The minimum absolute atomic E-state index is 0.134. The third kappa shape index (κ3) is 6.21. The van der Waals surface area contributed by atoms with Gasteiger partial charge in [0.1, 0.15) is 6.54 Å². The number of carbonyl (C=O) groups excluding carboxylic acids is 1. The lowest BCUT2D eigenvalue weighted by Gasteiger charge is -2.27. The molecule has 7 heteroatoms. The third-order valence-corrected chi connectivity index (χ3v) is 3.22. The summed E-state index contributed by atoms with van der Waals surface area (Å²) >= 11 is 0. The maximum Gasteiger partial charge on any atom is 0.323 e. The number of amides is 2. The van der Waals surface area contributed by atoms with E-state index >= 15 is 0 Å². The van der Waals surface area contributed by atoms with E-state index in [0.717, 1.165) is 39.3 Å². The maximum absolute atomic E-state index is 11.9. The summed E-state index contributed by atoms with van der Waals surface area (Å²) in [4.78, 5) is 26.2. The Morgan fingerprint density at radius 1 is 1.35 bits per heavy atom. The first kappa shape index (κ1) is 16.7. The zero-order valence-corrected chi connectivity index (χ0v) is 12.3. The molecule has 1 aliphatic heterocycles. The van der Waals surface area contributed by atoms with Gasteiger partial charge in [-0.3, -0.25) is 9.69 Å². The van der Waals surface area contributed by atoms with E-state index in [-0.39, 0.29) is 18.6 Å². The Morgan fingerprint density at radius 2 is 2.00 bits per heavy atom. The molecule has 0 aromatic carbocycles. The smallest absolute Gasteiger partial charge is 0.323 e. The highest BCUT2D eigenvalue weighted by Crippen LogP contribution is 2.00. The summed E-state index contributed by atoms with van der Waals surface area (Å²) in [7, 11) is 0. The van der Waals surface area contributed by atoms with Crippen LogP contribution in [0.5, 0.6) is 0 Å². The average Bonchev–Trinajstić information content (AvgIpc) is 2.41. The van der Waals surface area contributed by atoms with Gasteiger partial charge in [-0.1, -0.05) is 0 Å². The average molecular weight is 287 g/mol. The summed E-state index contributed by atoms with van der Waals surface area (Å²) in [5.41, 5.74) is 0. The number of nitrogens with one attached hydrogen (secondary N) is 1. The van der Waals surface area contributed by atoms with Crippen LogP contribution in [0.4, 0.5) is 4.79 Å². The van der Waals surface area contributed by atoms with Crippen molar-refractivity contribution in [1.82, 2.24) is 15.1 Å². The van der Waals surface area contributed by atoms with Crippen molar-refractivity contribution in [2.45, 2.75) is 26.3 Å². The number of rotatable bonds is 7. The van der Waals surface area contributed by atoms with E-state index in [9.17, 15) is 9.59 Å². The van der Waals surface area contributed by atoms with Crippen LogP contribution < -0.4 is 5.32 Å². The SMILES string of the molecule is CC(C)N(CC(=O)O)C(=O)NCCCN1CCOCC1. The second kappa shape index (κ2) is 8.76. The first-order chi connectivity index (χ1) is 9.50. The van der Waals surface area contributed by atoms with Crippen LogP contribution in [0.15, 0.2) is 0 Å². The minimum Gasteiger partial charge on any atom is -0.480 e. The van der Waals surface area contributed by atoms with Gasteiger partial charge >= 0.3 is 12.0 Å². The quantitative estimate of drug-likeness (QED) is 0.654. The highest BCUT2D eigenvalue weighted by molar-refractivity contribution is 5.80. The number of carboxylic acids is 1. The number of carboxylic acid groups (broad SMARTS) is 1. The van der Waals surface area contributed by atoms with Crippen molar-refractivity contribution < 1.29 is 19.4 Å². The number of hydrogen-bond acceptors (Lipinski definition) is 4. The first-order valence-corrected chi connectivity index (χ1v) is 7.07. The molecular weight excluding hydrogens is 262 g/mol. The molecule has 7 nitrogen and oxygen atoms in total. The molecule has 116 valence electrons. The van der Waals surface area contributed by atoms with Crippen molar-refractivity contribution in [3.8, 4) is 0 Å².